The molecule has 0 fully saturated rings. The first kappa shape index (κ1) is 11.2. The van der Waals surface area contributed by atoms with Crippen LogP contribution in [0.25, 0.3) is 10.6 Å². The van der Waals surface area contributed by atoms with Gasteiger partial charge in [0.2, 0.25) is 5.88 Å². The van der Waals surface area contributed by atoms with E-state index in [1.807, 2.05) is 5.38 Å². The first-order valence-corrected chi connectivity index (χ1v) is 6.83. The third-order valence-corrected chi connectivity index (χ3v) is 3.31. The Kier molecular flexibility index (Phi) is 2.99. The average Bonchev–Trinajstić information content (AvgIpc) is 2.69. The van der Waals surface area contributed by atoms with Crippen molar-refractivity contribution in [2.45, 2.75) is 5.88 Å². The molecular formula is C9H8N2O3S2. The Labute approximate surface area is 96.8 Å². The minimum Gasteiger partial charge on any atom is -0.743 e. The van der Waals surface area contributed by atoms with Gasteiger partial charge in [0.1, 0.15) is 5.01 Å². The molecule has 16 heavy (non-hydrogen) atoms. The van der Waals surface area contributed by atoms with Gasteiger partial charge in [-0.25, -0.2) is 13.4 Å². The van der Waals surface area contributed by atoms with Gasteiger partial charge in [0.05, 0.1) is 0 Å². The zero-order valence-corrected chi connectivity index (χ0v) is 9.74. The molecule has 5 nitrogen and oxygen atoms in total. The summed E-state index contributed by atoms with van der Waals surface area (Å²) in [6.45, 7) is 0. The Bertz CT molecular complexity index is 561. The maximum absolute atomic E-state index is 10.5. The summed E-state index contributed by atoms with van der Waals surface area (Å²) in [7, 11) is -4.24. The molecule has 2 aromatic rings. The molecule has 0 radical (unpaired) electrons. The standard InChI is InChI=1S/C9H8N2O3S2/c12-16(13,14)7-11-4-1-8(2-5-11)9-10-3-6-15-9/h1-6H,7H2. The van der Waals surface area contributed by atoms with E-state index >= 15 is 0 Å². The molecule has 0 bridgehead atoms. The zero-order valence-electron chi connectivity index (χ0n) is 8.11. The van der Waals surface area contributed by atoms with Gasteiger partial charge in [0, 0.05) is 29.3 Å². The number of pyridine rings is 1. The van der Waals surface area contributed by atoms with E-state index in [0.29, 0.717) is 0 Å². The van der Waals surface area contributed by atoms with Gasteiger partial charge in [0.15, 0.2) is 22.5 Å². The number of nitrogens with zero attached hydrogens (tertiary/aromatic N) is 2. The predicted molar refractivity (Wildman–Crippen MR) is 57.4 cm³/mol. The van der Waals surface area contributed by atoms with Crippen molar-refractivity contribution in [3.63, 3.8) is 0 Å². The van der Waals surface area contributed by atoms with E-state index in [2.05, 4.69) is 4.98 Å². The van der Waals surface area contributed by atoms with Gasteiger partial charge in [-0.15, -0.1) is 11.3 Å². The lowest BCUT2D eigenvalue weighted by Gasteiger charge is -2.02. The smallest absolute Gasteiger partial charge is 0.236 e. The van der Waals surface area contributed by atoms with Crippen LogP contribution in [-0.2, 0) is 16.0 Å². The molecule has 0 aliphatic rings. The molecule has 0 aliphatic carbocycles. The van der Waals surface area contributed by atoms with Crippen molar-refractivity contribution in [1.29, 1.82) is 0 Å². The van der Waals surface area contributed by atoms with Crippen LogP contribution in [0.5, 0.6) is 0 Å². The minimum atomic E-state index is -4.24. The van der Waals surface area contributed by atoms with Gasteiger partial charge >= 0.3 is 0 Å². The molecule has 0 aliphatic heterocycles. The van der Waals surface area contributed by atoms with Crippen LogP contribution < -0.4 is 4.57 Å². The van der Waals surface area contributed by atoms with Gasteiger partial charge in [-0.05, 0) is 0 Å². The molecule has 2 rings (SSSR count). The van der Waals surface area contributed by atoms with E-state index in [4.69, 9.17) is 0 Å². The number of aromatic nitrogens is 2. The lowest BCUT2D eigenvalue weighted by atomic mass is 10.3. The van der Waals surface area contributed by atoms with Crippen molar-refractivity contribution in [2.75, 3.05) is 0 Å². The normalized spacial score (nSPS) is 11.6. The van der Waals surface area contributed by atoms with Crippen molar-refractivity contribution < 1.29 is 17.5 Å². The fourth-order valence-corrected chi connectivity index (χ4v) is 2.42. The van der Waals surface area contributed by atoms with E-state index in [-0.39, 0.29) is 0 Å². The highest BCUT2D eigenvalue weighted by molar-refractivity contribution is 7.84. The summed E-state index contributed by atoms with van der Waals surface area (Å²) in [5.41, 5.74) is 0.898. The Hall–Kier alpha value is -1.31. The summed E-state index contributed by atoms with van der Waals surface area (Å²) < 4.78 is 32.9. The molecule has 0 aromatic carbocycles. The topological polar surface area (TPSA) is 74.0 Å². The lowest BCUT2D eigenvalue weighted by molar-refractivity contribution is -0.678. The molecular weight excluding hydrogens is 248 g/mol. The fourth-order valence-electron chi connectivity index (χ4n) is 1.23. The van der Waals surface area contributed by atoms with Gasteiger partial charge in [-0.2, -0.15) is 4.57 Å². The summed E-state index contributed by atoms with van der Waals surface area (Å²) in [4.78, 5) is 4.12. The number of hydrogen-bond donors (Lipinski definition) is 0. The molecule has 0 saturated carbocycles. The Morgan fingerprint density at radius 1 is 1.38 bits per heavy atom. The second-order valence-electron chi connectivity index (χ2n) is 3.13. The SMILES string of the molecule is O=S(=O)([O-])C[n+]1ccc(-c2nccs2)cc1. The second-order valence-corrected chi connectivity index (χ2v) is 5.39. The third kappa shape index (κ3) is 2.84. The highest BCUT2D eigenvalue weighted by Gasteiger charge is 2.07. The predicted octanol–water partition coefficient (Wildman–Crippen LogP) is 0.600. The highest BCUT2D eigenvalue weighted by atomic mass is 32.2. The Balaban J connectivity index is 2.24. The summed E-state index contributed by atoms with van der Waals surface area (Å²) in [6, 6.07) is 3.45. The molecule has 84 valence electrons. The minimum absolute atomic E-state index is 0.550. The Morgan fingerprint density at radius 3 is 2.56 bits per heavy atom. The highest BCUT2D eigenvalue weighted by Crippen LogP contribution is 2.19. The third-order valence-electron chi connectivity index (χ3n) is 1.88. The molecule has 0 amide bonds. The van der Waals surface area contributed by atoms with E-state index in [1.165, 1.54) is 15.9 Å². The van der Waals surface area contributed by atoms with Gasteiger partial charge < -0.3 is 4.55 Å². The second kappa shape index (κ2) is 4.28. The molecule has 2 heterocycles. The van der Waals surface area contributed by atoms with E-state index in [0.717, 1.165) is 10.6 Å². The number of hydrogen-bond acceptors (Lipinski definition) is 5. The van der Waals surface area contributed by atoms with Crippen LogP contribution in [-0.4, -0.2) is 18.0 Å². The van der Waals surface area contributed by atoms with Gasteiger partial charge in [0.25, 0.3) is 0 Å². The van der Waals surface area contributed by atoms with E-state index in [9.17, 15) is 13.0 Å². The fraction of sp³-hybridized carbons (Fsp3) is 0.111. The first-order valence-electron chi connectivity index (χ1n) is 4.37. The molecule has 0 saturated heterocycles. The lowest BCUT2D eigenvalue weighted by Crippen LogP contribution is -2.36. The maximum atomic E-state index is 10.5. The van der Waals surface area contributed by atoms with Crippen LogP contribution in [0.2, 0.25) is 0 Å². The van der Waals surface area contributed by atoms with Crippen molar-refractivity contribution >= 4 is 21.5 Å². The van der Waals surface area contributed by atoms with Crippen molar-refractivity contribution in [2.24, 2.45) is 0 Å². The van der Waals surface area contributed by atoms with Crippen LogP contribution in [0.4, 0.5) is 0 Å². The monoisotopic (exact) mass is 256 g/mol. The molecule has 0 atom stereocenters. The van der Waals surface area contributed by atoms with Gasteiger partial charge in [-0.3, -0.25) is 0 Å². The number of rotatable bonds is 3. The molecule has 0 N–H and O–H groups in total. The van der Waals surface area contributed by atoms with Crippen LogP contribution in [0, 0.1) is 0 Å². The quantitative estimate of drug-likeness (QED) is 0.595. The first-order chi connectivity index (χ1) is 7.54. The summed E-state index contributed by atoms with van der Waals surface area (Å²) in [5, 5.41) is 2.72. The van der Waals surface area contributed by atoms with Crippen molar-refractivity contribution in [3.8, 4) is 10.6 Å². The molecule has 0 spiro atoms. The van der Waals surface area contributed by atoms with Crippen LogP contribution in [0.15, 0.2) is 36.1 Å². The maximum Gasteiger partial charge on any atom is 0.236 e. The molecule has 7 heteroatoms. The average molecular weight is 256 g/mol. The van der Waals surface area contributed by atoms with Crippen LogP contribution in [0.3, 0.4) is 0 Å². The van der Waals surface area contributed by atoms with Crippen LogP contribution >= 0.6 is 11.3 Å². The molecule has 0 unspecified atom stereocenters. The van der Waals surface area contributed by atoms with E-state index < -0.39 is 16.0 Å². The molecule has 2 aromatic heterocycles. The summed E-state index contributed by atoms with van der Waals surface area (Å²) in [5.74, 6) is -0.550. The number of thiazole rings is 1. The zero-order chi connectivity index (χ0) is 11.6. The van der Waals surface area contributed by atoms with Gasteiger partial charge in [-0.1, -0.05) is 0 Å². The van der Waals surface area contributed by atoms with Crippen molar-refractivity contribution in [1.82, 2.24) is 4.98 Å². The summed E-state index contributed by atoms with van der Waals surface area (Å²) >= 11 is 1.49. The van der Waals surface area contributed by atoms with Crippen LogP contribution in [0.1, 0.15) is 0 Å². The Morgan fingerprint density at radius 2 is 2.06 bits per heavy atom. The van der Waals surface area contributed by atoms with Crippen molar-refractivity contribution in [3.05, 3.63) is 36.1 Å². The van der Waals surface area contributed by atoms with E-state index in [1.54, 1.807) is 30.7 Å². The largest absolute Gasteiger partial charge is 0.743 e. The summed E-state index contributed by atoms with van der Waals surface area (Å²) in [6.07, 6.45) is 4.79.